The third kappa shape index (κ3) is 4.04. The average molecular weight is 399 g/mol. The van der Waals surface area contributed by atoms with Crippen molar-refractivity contribution in [2.45, 2.75) is 50.4 Å². The first kappa shape index (κ1) is 20.4. The normalized spacial score (nSPS) is 45.6. The van der Waals surface area contributed by atoms with Gasteiger partial charge >= 0.3 is 0 Å². The molecule has 0 aromatic carbocycles. The van der Waals surface area contributed by atoms with Crippen molar-refractivity contribution in [2.24, 2.45) is 23.5 Å². The number of rotatable bonds is 3. The number of fused-ring (bicyclic) bond motifs is 1. The minimum atomic E-state index is -0.958. The number of nitrogens with one attached hydrogen (secondary N) is 5. The molecule has 0 spiro atoms. The Kier molecular flexibility index (Phi) is 6.17. The van der Waals surface area contributed by atoms with Gasteiger partial charge in [0.25, 0.3) is 0 Å². The SMILES string of the molecule is CC1CCNNC1C1CCN(C)CC1NC(=O)C1C(N)NN2CC(F)CNC12. The zero-order valence-electron chi connectivity index (χ0n) is 16.8. The van der Waals surface area contributed by atoms with Gasteiger partial charge < -0.3 is 16.0 Å². The second kappa shape index (κ2) is 8.47. The maximum atomic E-state index is 13.7. The number of nitrogens with two attached hydrogens (primary N) is 1. The summed E-state index contributed by atoms with van der Waals surface area (Å²) < 4.78 is 13.7. The number of nitrogens with zero attached hydrogens (tertiary/aromatic N) is 2. The molecule has 10 heteroatoms. The summed E-state index contributed by atoms with van der Waals surface area (Å²) in [5, 5.41) is 8.18. The number of amides is 1. The highest BCUT2D eigenvalue weighted by Crippen LogP contribution is 2.29. The van der Waals surface area contributed by atoms with Crippen molar-refractivity contribution >= 4 is 5.91 Å². The van der Waals surface area contributed by atoms with Crippen molar-refractivity contribution in [1.82, 2.24) is 36.8 Å². The first-order valence-electron chi connectivity index (χ1n) is 10.6. The van der Waals surface area contributed by atoms with Gasteiger partial charge in [-0.3, -0.25) is 21.0 Å². The number of hydrogen-bond donors (Lipinski definition) is 6. The maximum absolute atomic E-state index is 13.7. The Morgan fingerprint density at radius 3 is 2.89 bits per heavy atom. The first-order chi connectivity index (χ1) is 13.4. The molecule has 8 atom stereocenters. The topological polar surface area (TPSA) is 110 Å². The molecule has 0 radical (unpaired) electrons. The summed E-state index contributed by atoms with van der Waals surface area (Å²) in [6.07, 6.45) is 0.428. The first-order valence-corrected chi connectivity index (χ1v) is 10.6. The van der Waals surface area contributed by atoms with Crippen LogP contribution in [-0.2, 0) is 4.79 Å². The predicted molar refractivity (Wildman–Crippen MR) is 104 cm³/mol. The molecule has 0 saturated carbocycles. The highest BCUT2D eigenvalue weighted by Gasteiger charge is 2.48. The Morgan fingerprint density at radius 2 is 2.11 bits per heavy atom. The number of likely N-dealkylation sites (tertiary alicyclic amines) is 1. The van der Waals surface area contributed by atoms with Gasteiger partial charge in [0, 0.05) is 38.3 Å². The zero-order valence-corrected chi connectivity index (χ0v) is 16.8. The zero-order chi connectivity index (χ0) is 19.8. The summed E-state index contributed by atoms with van der Waals surface area (Å²) in [5.74, 6) is 0.412. The van der Waals surface area contributed by atoms with E-state index in [1.807, 2.05) is 0 Å². The van der Waals surface area contributed by atoms with E-state index in [-0.39, 0.29) is 31.2 Å². The number of likely N-dealkylation sites (N-methyl/N-ethyl adjacent to an activating group) is 1. The van der Waals surface area contributed by atoms with Crippen LogP contribution in [0.25, 0.3) is 0 Å². The minimum Gasteiger partial charge on any atom is -0.351 e. The third-order valence-corrected chi connectivity index (χ3v) is 6.89. The minimum absolute atomic E-state index is 0.0565. The standard InChI is InChI=1S/C18H35FN8O/c1-10-3-5-22-24-15(10)12-4-6-26(2)9-13(12)23-18(28)14-16(20)25-27-8-11(19)7-21-17(14)27/h10-17,21-22,24-25H,3-9,20H2,1-2H3,(H,23,28). The van der Waals surface area contributed by atoms with Gasteiger partial charge in [0.1, 0.15) is 6.17 Å². The number of hydrazine groups is 2. The maximum Gasteiger partial charge on any atom is 0.229 e. The quantitative estimate of drug-likeness (QED) is 0.321. The molecule has 4 heterocycles. The van der Waals surface area contributed by atoms with E-state index in [0.29, 0.717) is 17.9 Å². The fraction of sp³-hybridized carbons (Fsp3) is 0.944. The third-order valence-electron chi connectivity index (χ3n) is 6.89. The monoisotopic (exact) mass is 398 g/mol. The molecular formula is C18H35FN8O. The van der Waals surface area contributed by atoms with Gasteiger partial charge in [-0.2, -0.15) is 0 Å². The number of alkyl halides is 1. The molecule has 4 fully saturated rings. The van der Waals surface area contributed by atoms with Crippen molar-refractivity contribution in [3.05, 3.63) is 0 Å². The lowest BCUT2D eigenvalue weighted by molar-refractivity contribution is -0.128. The summed E-state index contributed by atoms with van der Waals surface area (Å²) in [5.41, 5.74) is 16.0. The van der Waals surface area contributed by atoms with E-state index in [2.05, 4.69) is 45.8 Å². The molecule has 28 heavy (non-hydrogen) atoms. The molecule has 1 amide bonds. The molecule has 4 saturated heterocycles. The van der Waals surface area contributed by atoms with Gasteiger partial charge in [0.05, 0.1) is 18.2 Å². The van der Waals surface area contributed by atoms with Gasteiger partial charge in [0.15, 0.2) is 0 Å². The van der Waals surface area contributed by atoms with E-state index in [0.717, 1.165) is 32.5 Å². The number of hydrogen-bond acceptors (Lipinski definition) is 8. The molecule has 8 unspecified atom stereocenters. The average Bonchev–Trinajstić information content (AvgIpc) is 2.97. The lowest BCUT2D eigenvalue weighted by atomic mass is 9.78. The van der Waals surface area contributed by atoms with Crippen LogP contribution in [0.2, 0.25) is 0 Å². The van der Waals surface area contributed by atoms with E-state index in [9.17, 15) is 9.18 Å². The van der Waals surface area contributed by atoms with Crippen molar-refractivity contribution in [3.63, 3.8) is 0 Å². The van der Waals surface area contributed by atoms with Crippen LogP contribution in [0, 0.1) is 17.8 Å². The number of piperidine rings is 1. The predicted octanol–water partition coefficient (Wildman–Crippen LogP) is -2.09. The van der Waals surface area contributed by atoms with Crippen LogP contribution in [0.5, 0.6) is 0 Å². The van der Waals surface area contributed by atoms with Crippen molar-refractivity contribution in [2.75, 3.05) is 39.8 Å². The fourth-order valence-corrected chi connectivity index (χ4v) is 5.31. The second-order valence-electron chi connectivity index (χ2n) is 8.98. The fourth-order valence-electron chi connectivity index (χ4n) is 5.31. The number of carbonyl (C=O) groups excluding carboxylic acids is 1. The molecule has 0 aliphatic carbocycles. The smallest absolute Gasteiger partial charge is 0.229 e. The summed E-state index contributed by atoms with van der Waals surface area (Å²) in [4.78, 5) is 15.5. The van der Waals surface area contributed by atoms with Crippen LogP contribution in [-0.4, -0.2) is 86.2 Å². The van der Waals surface area contributed by atoms with Crippen molar-refractivity contribution in [1.29, 1.82) is 0 Å². The van der Waals surface area contributed by atoms with Gasteiger partial charge in [0.2, 0.25) is 5.91 Å². The van der Waals surface area contributed by atoms with Crippen LogP contribution >= 0.6 is 0 Å². The van der Waals surface area contributed by atoms with E-state index >= 15 is 0 Å². The molecule has 4 aliphatic heterocycles. The van der Waals surface area contributed by atoms with Crippen LogP contribution in [0.1, 0.15) is 19.8 Å². The molecule has 4 rings (SSSR count). The Morgan fingerprint density at radius 1 is 1.29 bits per heavy atom. The molecule has 160 valence electrons. The molecule has 0 aromatic rings. The van der Waals surface area contributed by atoms with Crippen LogP contribution in [0.3, 0.4) is 0 Å². The molecule has 0 aromatic heterocycles. The van der Waals surface area contributed by atoms with E-state index in [1.54, 1.807) is 5.01 Å². The van der Waals surface area contributed by atoms with Gasteiger partial charge in [-0.25, -0.2) is 14.8 Å². The highest BCUT2D eigenvalue weighted by atomic mass is 19.1. The second-order valence-corrected chi connectivity index (χ2v) is 8.98. The molecule has 7 N–H and O–H groups in total. The van der Waals surface area contributed by atoms with E-state index in [4.69, 9.17) is 5.73 Å². The van der Waals surface area contributed by atoms with Crippen LogP contribution < -0.4 is 32.6 Å². The molecule has 0 bridgehead atoms. The number of halogens is 1. The van der Waals surface area contributed by atoms with Crippen LogP contribution in [0.4, 0.5) is 4.39 Å². The van der Waals surface area contributed by atoms with Gasteiger partial charge in [-0.1, -0.05) is 6.92 Å². The largest absolute Gasteiger partial charge is 0.351 e. The van der Waals surface area contributed by atoms with Gasteiger partial charge in [-0.15, -0.1) is 0 Å². The van der Waals surface area contributed by atoms with Crippen molar-refractivity contribution in [3.8, 4) is 0 Å². The Labute approximate surface area is 166 Å². The molecular weight excluding hydrogens is 363 g/mol. The summed E-state index contributed by atoms with van der Waals surface area (Å²) >= 11 is 0. The van der Waals surface area contributed by atoms with E-state index in [1.165, 1.54) is 0 Å². The van der Waals surface area contributed by atoms with E-state index < -0.39 is 18.3 Å². The highest BCUT2D eigenvalue weighted by molar-refractivity contribution is 5.80. The summed E-state index contributed by atoms with van der Waals surface area (Å²) in [6, 6.07) is 0.393. The summed E-state index contributed by atoms with van der Waals surface area (Å²) in [7, 11) is 2.10. The Bertz CT molecular complexity index is 568. The van der Waals surface area contributed by atoms with Crippen LogP contribution in [0.15, 0.2) is 0 Å². The molecule has 9 nitrogen and oxygen atoms in total. The Balaban J connectivity index is 1.45. The van der Waals surface area contributed by atoms with Crippen molar-refractivity contribution < 1.29 is 9.18 Å². The van der Waals surface area contributed by atoms with Gasteiger partial charge in [-0.05, 0) is 38.3 Å². The summed E-state index contributed by atoms with van der Waals surface area (Å²) in [6.45, 7) is 5.61. The lowest BCUT2D eigenvalue weighted by Gasteiger charge is -2.45. The number of carbonyl (C=O) groups is 1. The molecule has 4 aliphatic rings. The Hall–Kier alpha value is -0.880. The lowest BCUT2D eigenvalue weighted by Crippen LogP contribution is -2.64.